The highest BCUT2D eigenvalue weighted by Gasteiger charge is 2.28. The largest absolute Gasteiger partial charge is 0.492 e. The van der Waals surface area contributed by atoms with E-state index in [1.54, 1.807) is 12.1 Å². The van der Waals surface area contributed by atoms with Crippen LogP contribution in [-0.2, 0) is 4.74 Å². The van der Waals surface area contributed by atoms with Crippen LogP contribution in [-0.4, -0.2) is 18.7 Å². The summed E-state index contributed by atoms with van der Waals surface area (Å²) >= 11 is 1.47. The molecule has 0 unspecified atom stereocenters. The van der Waals surface area contributed by atoms with Crippen molar-refractivity contribution in [3.63, 3.8) is 0 Å². The summed E-state index contributed by atoms with van der Waals surface area (Å²) in [7, 11) is 1.39. The van der Waals surface area contributed by atoms with Gasteiger partial charge in [0.25, 0.3) is 0 Å². The van der Waals surface area contributed by atoms with Gasteiger partial charge in [-0.05, 0) is 18.2 Å². The highest BCUT2D eigenvalue weighted by atomic mass is 32.2. The lowest BCUT2D eigenvalue weighted by Crippen LogP contribution is -2.18. The van der Waals surface area contributed by atoms with Crippen molar-refractivity contribution < 1.29 is 14.3 Å². The minimum Gasteiger partial charge on any atom is -0.492 e. The first-order chi connectivity index (χ1) is 10.2. The van der Waals surface area contributed by atoms with E-state index in [9.17, 15) is 9.59 Å². The second-order valence-electron chi connectivity index (χ2n) is 4.50. The lowest BCUT2D eigenvalue weighted by Gasteiger charge is -2.16. The fourth-order valence-corrected chi connectivity index (χ4v) is 3.22. The highest BCUT2D eigenvalue weighted by molar-refractivity contribution is 7.99. The Morgan fingerprint density at radius 2 is 1.71 bits per heavy atom. The van der Waals surface area contributed by atoms with Crippen molar-refractivity contribution in [1.82, 2.24) is 0 Å². The van der Waals surface area contributed by atoms with Crippen LogP contribution >= 0.6 is 11.8 Å². The van der Waals surface area contributed by atoms with Crippen LogP contribution in [0.15, 0.2) is 70.2 Å². The molecule has 0 saturated carbocycles. The average Bonchev–Trinajstić information content (AvgIpc) is 2.52. The monoisotopic (exact) mass is 296 g/mol. The van der Waals surface area contributed by atoms with Crippen LogP contribution in [0.25, 0.3) is 0 Å². The van der Waals surface area contributed by atoms with E-state index in [4.69, 9.17) is 4.74 Å². The number of carbonyl (C=O) groups excluding carboxylic acids is 2. The molecule has 1 aliphatic carbocycles. The number of hydrogen-bond acceptors (Lipinski definition) is 4. The Balaban J connectivity index is 2.06. The van der Waals surface area contributed by atoms with Gasteiger partial charge in [-0.3, -0.25) is 9.59 Å². The van der Waals surface area contributed by atoms with Gasteiger partial charge >= 0.3 is 0 Å². The van der Waals surface area contributed by atoms with Gasteiger partial charge in [-0.25, -0.2) is 0 Å². The summed E-state index contributed by atoms with van der Waals surface area (Å²) in [6.45, 7) is 0. The summed E-state index contributed by atoms with van der Waals surface area (Å²) in [5.74, 6) is -0.350. The maximum Gasteiger partial charge on any atom is 0.228 e. The zero-order valence-corrected chi connectivity index (χ0v) is 12.1. The average molecular weight is 296 g/mol. The molecule has 0 heterocycles. The number of ether oxygens (including phenoxy) is 1. The number of ketones is 2. The smallest absolute Gasteiger partial charge is 0.228 e. The molecule has 4 heteroatoms. The van der Waals surface area contributed by atoms with Gasteiger partial charge in [0, 0.05) is 27.0 Å². The topological polar surface area (TPSA) is 43.4 Å². The number of Topliss-reactive ketones (excluding diaryl/α,β-unsaturated/α-hetero) is 1. The Morgan fingerprint density at radius 3 is 2.43 bits per heavy atom. The standard InChI is InChI=1S/C17H12O3S/c1-20-14-10-13(18)16-12(17(14)19)8-5-9-15(16)21-11-6-3-2-4-7-11/h2-10H,1H3. The van der Waals surface area contributed by atoms with E-state index in [1.165, 1.54) is 24.9 Å². The molecule has 0 bridgehead atoms. The van der Waals surface area contributed by atoms with Crippen molar-refractivity contribution in [2.24, 2.45) is 0 Å². The van der Waals surface area contributed by atoms with Gasteiger partial charge in [-0.1, -0.05) is 42.1 Å². The molecule has 104 valence electrons. The lowest BCUT2D eigenvalue weighted by molar-refractivity contribution is 0.0915. The van der Waals surface area contributed by atoms with E-state index < -0.39 is 0 Å². The molecule has 21 heavy (non-hydrogen) atoms. The van der Waals surface area contributed by atoms with E-state index in [2.05, 4.69) is 0 Å². The summed E-state index contributed by atoms with van der Waals surface area (Å²) in [6.07, 6.45) is 1.26. The Bertz CT molecular complexity index is 748. The number of methoxy groups -OCH3 is 1. The van der Waals surface area contributed by atoms with Crippen molar-refractivity contribution in [3.8, 4) is 0 Å². The SMILES string of the molecule is COC1=CC(=O)c2c(Sc3ccccc3)cccc2C1=O. The molecule has 2 aromatic rings. The van der Waals surface area contributed by atoms with Crippen LogP contribution in [0.2, 0.25) is 0 Å². The normalized spacial score (nSPS) is 13.7. The minimum absolute atomic E-state index is 0.0920. The fourth-order valence-electron chi connectivity index (χ4n) is 2.22. The van der Waals surface area contributed by atoms with Gasteiger partial charge in [0.2, 0.25) is 5.78 Å². The molecule has 0 aliphatic heterocycles. The van der Waals surface area contributed by atoms with Crippen molar-refractivity contribution in [1.29, 1.82) is 0 Å². The minimum atomic E-state index is -0.248. The fraction of sp³-hybridized carbons (Fsp3) is 0.0588. The van der Waals surface area contributed by atoms with Gasteiger partial charge < -0.3 is 4.74 Å². The molecule has 0 radical (unpaired) electrons. The Labute approximate surface area is 126 Å². The summed E-state index contributed by atoms with van der Waals surface area (Å²) in [5.41, 5.74) is 0.859. The van der Waals surface area contributed by atoms with E-state index in [1.807, 2.05) is 36.4 Å². The molecule has 0 fully saturated rings. The van der Waals surface area contributed by atoms with E-state index in [0.717, 1.165) is 9.79 Å². The maximum absolute atomic E-state index is 12.3. The molecule has 3 rings (SSSR count). The molecule has 0 saturated heterocycles. The van der Waals surface area contributed by atoms with Crippen molar-refractivity contribution in [2.75, 3.05) is 7.11 Å². The van der Waals surface area contributed by atoms with Crippen LogP contribution in [0.1, 0.15) is 20.7 Å². The highest BCUT2D eigenvalue weighted by Crippen LogP contribution is 2.34. The molecule has 3 nitrogen and oxygen atoms in total. The quantitative estimate of drug-likeness (QED) is 0.865. The molecule has 0 aromatic heterocycles. The summed E-state index contributed by atoms with van der Waals surface area (Å²) < 4.78 is 4.97. The molecule has 0 spiro atoms. The van der Waals surface area contributed by atoms with Gasteiger partial charge in [-0.15, -0.1) is 0 Å². The van der Waals surface area contributed by atoms with Crippen LogP contribution in [0.3, 0.4) is 0 Å². The first-order valence-corrected chi connectivity index (χ1v) is 7.23. The predicted molar refractivity (Wildman–Crippen MR) is 80.8 cm³/mol. The van der Waals surface area contributed by atoms with Gasteiger partial charge in [-0.2, -0.15) is 0 Å². The maximum atomic E-state index is 12.3. The molecule has 0 amide bonds. The Hall–Kier alpha value is -2.33. The predicted octanol–water partition coefficient (Wildman–Crippen LogP) is 3.75. The van der Waals surface area contributed by atoms with Crippen LogP contribution < -0.4 is 0 Å². The third-order valence-electron chi connectivity index (χ3n) is 3.19. The van der Waals surface area contributed by atoms with Crippen molar-refractivity contribution >= 4 is 23.3 Å². The molecule has 1 aliphatic rings. The lowest BCUT2D eigenvalue weighted by atomic mass is 9.93. The molecule has 2 aromatic carbocycles. The zero-order valence-electron chi connectivity index (χ0n) is 11.3. The first kappa shape index (κ1) is 13.6. The molecular formula is C17H12O3S. The van der Waals surface area contributed by atoms with Gasteiger partial charge in [0.05, 0.1) is 7.11 Å². The number of benzene rings is 2. The second kappa shape index (κ2) is 5.58. The molecular weight excluding hydrogens is 284 g/mol. The summed E-state index contributed by atoms with van der Waals surface area (Å²) in [4.78, 5) is 26.3. The number of hydrogen-bond donors (Lipinski definition) is 0. The summed E-state index contributed by atoms with van der Waals surface area (Å²) in [5, 5.41) is 0. The molecule has 0 atom stereocenters. The van der Waals surface area contributed by atoms with Crippen LogP contribution in [0.5, 0.6) is 0 Å². The number of carbonyl (C=O) groups is 2. The summed E-state index contributed by atoms with van der Waals surface area (Å²) in [6, 6.07) is 15.1. The van der Waals surface area contributed by atoms with E-state index in [0.29, 0.717) is 11.1 Å². The third-order valence-corrected chi connectivity index (χ3v) is 4.26. The van der Waals surface area contributed by atoms with Crippen molar-refractivity contribution in [2.45, 2.75) is 9.79 Å². The molecule has 0 N–H and O–H groups in total. The van der Waals surface area contributed by atoms with E-state index >= 15 is 0 Å². The van der Waals surface area contributed by atoms with Crippen molar-refractivity contribution in [3.05, 3.63) is 71.5 Å². The number of rotatable bonds is 3. The number of allylic oxidation sites excluding steroid dienone is 2. The number of fused-ring (bicyclic) bond motifs is 1. The zero-order chi connectivity index (χ0) is 14.8. The Kier molecular flexibility index (Phi) is 3.62. The van der Waals surface area contributed by atoms with Gasteiger partial charge in [0.15, 0.2) is 11.5 Å². The van der Waals surface area contributed by atoms with Crippen LogP contribution in [0.4, 0.5) is 0 Å². The second-order valence-corrected chi connectivity index (χ2v) is 5.62. The van der Waals surface area contributed by atoms with Gasteiger partial charge in [0.1, 0.15) is 0 Å². The van der Waals surface area contributed by atoms with Crippen LogP contribution in [0, 0.1) is 0 Å². The first-order valence-electron chi connectivity index (χ1n) is 6.41. The van der Waals surface area contributed by atoms with E-state index in [-0.39, 0.29) is 17.3 Å². The third kappa shape index (κ3) is 2.50. The Morgan fingerprint density at radius 1 is 0.952 bits per heavy atom.